The van der Waals surface area contributed by atoms with Crippen molar-refractivity contribution in [3.8, 4) is 0 Å². The van der Waals surface area contributed by atoms with Crippen LogP contribution < -0.4 is 10.6 Å². The van der Waals surface area contributed by atoms with E-state index in [0.717, 1.165) is 38.3 Å². The maximum Gasteiger partial charge on any atom is 0.191 e. The van der Waals surface area contributed by atoms with Gasteiger partial charge in [-0.15, -0.1) is 35.3 Å². The van der Waals surface area contributed by atoms with Crippen LogP contribution >= 0.6 is 35.3 Å². The van der Waals surface area contributed by atoms with Crippen molar-refractivity contribution >= 4 is 41.3 Å². The van der Waals surface area contributed by atoms with E-state index in [1.54, 1.807) is 11.3 Å². The number of nitrogens with one attached hydrogen (secondary N) is 2. The van der Waals surface area contributed by atoms with Gasteiger partial charge in [0.2, 0.25) is 0 Å². The molecule has 0 bridgehead atoms. The Bertz CT molecular complexity index is 450. The molecule has 0 aliphatic heterocycles. The first kappa shape index (κ1) is 18.7. The molecule has 1 aliphatic carbocycles. The van der Waals surface area contributed by atoms with Gasteiger partial charge in [0, 0.05) is 28.8 Å². The molecule has 1 aromatic heterocycles. The first-order valence-corrected chi connectivity index (χ1v) is 8.26. The van der Waals surface area contributed by atoms with E-state index in [1.807, 2.05) is 0 Å². The zero-order valence-electron chi connectivity index (χ0n) is 12.8. The third-order valence-electron chi connectivity index (χ3n) is 3.68. The minimum Gasteiger partial charge on any atom is -0.393 e. The number of thiophene rings is 1. The number of guanidine groups is 1. The number of hydrogen-bond donors (Lipinski definition) is 3. The number of rotatable bonds is 5. The molecule has 1 aliphatic rings. The SMILES string of the molecule is CCNC(=NCc1ccc(C)s1)NCC1CCCC1O.I. The van der Waals surface area contributed by atoms with Crippen molar-refractivity contribution in [1.82, 2.24) is 10.6 Å². The van der Waals surface area contributed by atoms with Crippen LogP contribution in [0.4, 0.5) is 0 Å². The summed E-state index contributed by atoms with van der Waals surface area (Å²) in [4.78, 5) is 7.21. The Morgan fingerprint density at radius 2 is 2.19 bits per heavy atom. The van der Waals surface area contributed by atoms with E-state index in [9.17, 15) is 5.11 Å². The maximum atomic E-state index is 9.84. The smallest absolute Gasteiger partial charge is 0.191 e. The highest BCUT2D eigenvalue weighted by Crippen LogP contribution is 2.24. The van der Waals surface area contributed by atoms with Gasteiger partial charge in [-0.3, -0.25) is 0 Å². The second-order valence-corrected chi connectivity index (χ2v) is 6.72. The predicted octanol–water partition coefficient (Wildman–Crippen LogP) is 2.89. The first-order valence-electron chi connectivity index (χ1n) is 7.44. The van der Waals surface area contributed by atoms with E-state index >= 15 is 0 Å². The van der Waals surface area contributed by atoms with Crippen molar-refractivity contribution in [2.24, 2.45) is 10.9 Å². The van der Waals surface area contributed by atoms with Gasteiger partial charge in [-0.1, -0.05) is 6.42 Å². The summed E-state index contributed by atoms with van der Waals surface area (Å²) < 4.78 is 0. The van der Waals surface area contributed by atoms with Crippen LogP contribution in [0.5, 0.6) is 0 Å². The van der Waals surface area contributed by atoms with Crippen molar-refractivity contribution < 1.29 is 5.11 Å². The van der Waals surface area contributed by atoms with Gasteiger partial charge in [0.05, 0.1) is 12.6 Å². The Hall–Kier alpha value is -0.340. The van der Waals surface area contributed by atoms with Crippen LogP contribution in [0.1, 0.15) is 35.9 Å². The van der Waals surface area contributed by atoms with Crippen LogP contribution in [0.15, 0.2) is 17.1 Å². The zero-order chi connectivity index (χ0) is 14.4. The summed E-state index contributed by atoms with van der Waals surface area (Å²) >= 11 is 1.79. The Balaban J connectivity index is 0.00000220. The molecule has 0 amide bonds. The molecular formula is C15H26IN3OS. The second kappa shape index (κ2) is 9.63. The molecule has 120 valence electrons. The third kappa shape index (κ3) is 6.12. The van der Waals surface area contributed by atoms with E-state index in [2.05, 4.69) is 41.6 Å². The number of aliphatic hydroxyl groups is 1. The summed E-state index contributed by atoms with van der Waals surface area (Å²) in [5, 5.41) is 16.5. The van der Waals surface area contributed by atoms with Gasteiger partial charge in [0.1, 0.15) is 0 Å². The molecule has 0 spiro atoms. The van der Waals surface area contributed by atoms with Crippen LogP contribution in [0.2, 0.25) is 0 Å². The summed E-state index contributed by atoms with van der Waals surface area (Å²) in [6, 6.07) is 4.26. The molecule has 1 aromatic rings. The lowest BCUT2D eigenvalue weighted by molar-refractivity contribution is 0.134. The summed E-state index contributed by atoms with van der Waals surface area (Å²) in [6.07, 6.45) is 3.03. The average molecular weight is 423 g/mol. The Kier molecular flexibility index (Phi) is 8.58. The molecular weight excluding hydrogens is 397 g/mol. The normalized spacial score (nSPS) is 22.0. The van der Waals surface area contributed by atoms with Crippen LogP contribution in [-0.2, 0) is 6.54 Å². The molecule has 1 saturated carbocycles. The fourth-order valence-corrected chi connectivity index (χ4v) is 3.37. The topological polar surface area (TPSA) is 56.7 Å². The van der Waals surface area contributed by atoms with Gasteiger partial charge in [0.25, 0.3) is 0 Å². The molecule has 2 unspecified atom stereocenters. The van der Waals surface area contributed by atoms with Crippen LogP contribution in [0.3, 0.4) is 0 Å². The van der Waals surface area contributed by atoms with Gasteiger partial charge in [0.15, 0.2) is 5.96 Å². The fraction of sp³-hybridized carbons (Fsp3) is 0.667. The Morgan fingerprint density at radius 1 is 1.38 bits per heavy atom. The van der Waals surface area contributed by atoms with E-state index in [-0.39, 0.29) is 30.1 Å². The summed E-state index contributed by atoms with van der Waals surface area (Å²) in [6.45, 7) is 6.54. The Morgan fingerprint density at radius 3 is 2.76 bits per heavy atom. The number of aliphatic imine (C=N–C) groups is 1. The molecule has 6 heteroatoms. The highest BCUT2D eigenvalue weighted by Gasteiger charge is 2.24. The Labute approximate surface area is 148 Å². The minimum absolute atomic E-state index is 0. The lowest BCUT2D eigenvalue weighted by Gasteiger charge is -2.17. The molecule has 2 atom stereocenters. The van der Waals surface area contributed by atoms with Crippen molar-refractivity contribution in [3.05, 3.63) is 21.9 Å². The van der Waals surface area contributed by atoms with Gasteiger partial charge in [-0.25, -0.2) is 4.99 Å². The van der Waals surface area contributed by atoms with Crippen LogP contribution in [-0.4, -0.2) is 30.3 Å². The second-order valence-electron chi connectivity index (χ2n) is 5.35. The average Bonchev–Trinajstić information content (AvgIpc) is 3.02. The van der Waals surface area contributed by atoms with Crippen molar-refractivity contribution in [2.75, 3.05) is 13.1 Å². The van der Waals surface area contributed by atoms with E-state index in [0.29, 0.717) is 12.5 Å². The van der Waals surface area contributed by atoms with Gasteiger partial charge in [-0.2, -0.15) is 0 Å². The third-order valence-corrected chi connectivity index (χ3v) is 4.67. The highest BCUT2D eigenvalue weighted by atomic mass is 127. The highest BCUT2D eigenvalue weighted by molar-refractivity contribution is 14.0. The molecule has 3 N–H and O–H groups in total. The van der Waals surface area contributed by atoms with Crippen LogP contribution in [0.25, 0.3) is 0 Å². The summed E-state index contributed by atoms with van der Waals surface area (Å²) in [5.74, 6) is 1.21. The monoisotopic (exact) mass is 423 g/mol. The van der Waals surface area contributed by atoms with Crippen molar-refractivity contribution in [3.63, 3.8) is 0 Å². The molecule has 0 radical (unpaired) electrons. The van der Waals surface area contributed by atoms with E-state index < -0.39 is 0 Å². The molecule has 0 saturated heterocycles. The molecule has 0 aromatic carbocycles. The standard InChI is InChI=1S/C15H25N3OS.HI/c1-3-16-15(17-9-12-5-4-6-14(12)19)18-10-13-8-7-11(2)20-13;/h7-8,12,14,19H,3-6,9-10H2,1-2H3,(H2,16,17,18);1H. The first-order chi connectivity index (χ1) is 9.69. The maximum absolute atomic E-state index is 9.84. The van der Waals surface area contributed by atoms with Crippen molar-refractivity contribution in [1.29, 1.82) is 0 Å². The van der Waals surface area contributed by atoms with E-state index in [4.69, 9.17) is 0 Å². The molecule has 2 rings (SSSR count). The van der Waals surface area contributed by atoms with Crippen molar-refractivity contribution in [2.45, 2.75) is 45.8 Å². The lowest BCUT2D eigenvalue weighted by atomic mass is 10.1. The predicted molar refractivity (Wildman–Crippen MR) is 101 cm³/mol. The van der Waals surface area contributed by atoms with Gasteiger partial charge >= 0.3 is 0 Å². The largest absolute Gasteiger partial charge is 0.393 e. The number of aliphatic hydroxyl groups excluding tert-OH is 1. The number of hydrogen-bond acceptors (Lipinski definition) is 3. The zero-order valence-corrected chi connectivity index (χ0v) is 15.9. The van der Waals surface area contributed by atoms with E-state index in [1.165, 1.54) is 9.75 Å². The molecule has 1 heterocycles. The summed E-state index contributed by atoms with van der Waals surface area (Å²) in [5.41, 5.74) is 0. The summed E-state index contributed by atoms with van der Waals surface area (Å²) in [7, 11) is 0. The van der Waals surface area contributed by atoms with Gasteiger partial charge in [-0.05, 0) is 38.8 Å². The quantitative estimate of drug-likeness (QED) is 0.388. The molecule has 1 fully saturated rings. The number of nitrogens with zero attached hydrogens (tertiary/aromatic N) is 1. The fourth-order valence-electron chi connectivity index (χ4n) is 2.55. The van der Waals surface area contributed by atoms with Crippen LogP contribution in [0, 0.1) is 12.8 Å². The minimum atomic E-state index is -0.148. The lowest BCUT2D eigenvalue weighted by Crippen LogP contribution is -2.41. The number of halogens is 1. The molecule has 21 heavy (non-hydrogen) atoms. The molecule has 4 nitrogen and oxygen atoms in total. The van der Waals surface area contributed by atoms with Gasteiger partial charge < -0.3 is 15.7 Å². The number of aryl methyl sites for hydroxylation is 1.